The Bertz CT molecular complexity index is 305. The van der Waals surface area contributed by atoms with Gasteiger partial charge in [-0.2, -0.15) is 4.57 Å². The normalized spacial score (nSPS) is 9.92. The van der Waals surface area contributed by atoms with Gasteiger partial charge in [0.25, 0.3) is 0 Å². The molecule has 12 heavy (non-hydrogen) atoms. The van der Waals surface area contributed by atoms with Crippen LogP contribution in [0.3, 0.4) is 0 Å². The molecule has 2 heteroatoms. The van der Waals surface area contributed by atoms with E-state index < -0.39 is 0 Å². The van der Waals surface area contributed by atoms with Crippen molar-refractivity contribution in [2.75, 3.05) is 0 Å². The molecule has 0 unspecified atom stereocenters. The van der Waals surface area contributed by atoms with Crippen LogP contribution in [-0.4, -0.2) is 5.78 Å². The van der Waals surface area contributed by atoms with Crippen molar-refractivity contribution in [2.45, 2.75) is 27.3 Å². The van der Waals surface area contributed by atoms with Gasteiger partial charge in [-0.1, -0.05) is 0 Å². The SMILES string of the molecule is CC(=O)C[n+]1ccc(C)c(C)c1. The summed E-state index contributed by atoms with van der Waals surface area (Å²) in [5.41, 5.74) is 2.48. The molecule has 1 rings (SSSR count). The van der Waals surface area contributed by atoms with Crippen LogP contribution in [0.25, 0.3) is 0 Å². The molecule has 2 nitrogen and oxygen atoms in total. The van der Waals surface area contributed by atoms with E-state index in [1.807, 2.05) is 30.0 Å². The molecule has 0 aliphatic rings. The summed E-state index contributed by atoms with van der Waals surface area (Å²) in [6.45, 7) is 6.18. The van der Waals surface area contributed by atoms with Crippen LogP contribution in [-0.2, 0) is 11.3 Å². The second kappa shape index (κ2) is 3.48. The van der Waals surface area contributed by atoms with Crippen molar-refractivity contribution in [1.29, 1.82) is 0 Å². The number of hydrogen-bond acceptors (Lipinski definition) is 1. The smallest absolute Gasteiger partial charge is 0.206 e. The van der Waals surface area contributed by atoms with E-state index in [-0.39, 0.29) is 5.78 Å². The number of nitrogens with zero attached hydrogens (tertiary/aromatic N) is 1. The molecule has 0 spiro atoms. The van der Waals surface area contributed by atoms with Gasteiger partial charge in [-0.25, -0.2) is 0 Å². The van der Waals surface area contributed by atoms with Gasteiger partial charge >= 0.3 is 0 Å². The van der Waals surface area contributed by atoms with Crippen molar-refractivity contribution < 1.29 is 9.36 Å². The summed E-state index contributed by atoms with van der Waals surface area (Å²) in [5, 5.41) is 0. The van der Waals surface area contributed by atoms with Crippen LogP contribution in [0.5, 0.6) is 0 Å². The summed E-state index contributed by atoms with van der Waals surface area (Å²) < 4.78 is 1.91. The number of carbonyl (C=O) groups is 1. The summed E-state index contributed by atoms with van der Waals surface area (Å²) in [6.07, 6.45) is 3.93. The molecule has 0 fully saturated rings. The zero-order chi connectivity index (χ0) is 9.14. The van der Waals surface area contributed by atoms with Crippen molar-refractivity contribution in [1.82, 2.24) is 0 Å². The van der Waals surface area contributed by atoms with E-state index in [9.17, 15) is 4.79 Å². The van der Waals surface area contributed by atoms with Crippen LogP contribution in [0, 0.1) is 13.8 Å². The third-order valence-corrected chi connectivity index (χ3v) is 1.90. The van der Waals surface area contributed by atoms with Gasteiger partial charge in [0.15, 0.2) is 18.2 Å². The zero-order valence-corrected chi connectivity index (χ0v) is 7.79. The summed E-state index contributed by atoms with van der Waals surface area (Å²) in [4.78, 5) is 10.8. The van der Waals surface area contributed by atoms with E-state index in [1.54, 1.807) is 6.92 Å². The molecular weight excluding hydrogens is 150 g/mol. The first-order valence-electron chi connectivity index (χ1n) is 4.05. The lowest BCUT2D eigenvalue weighted by molar-refractivity contribution is -0.684. The minimum Gasteiger partial charge on any atom is -0.293 e. The average Bonchev–Trinajstić information content (AvgIpc) is 1.96. The van der Waals surface area contributed by atoms with E-state index in [0.29, 0.717) is 6.54 Å². The van der Waals surface area contributed by atoms with Crippen LogP contribution >= 0.6 is 0 Å². The van der Waals surface area contributed by atoms with E-state index in [1.165, 1.54) is 11.1 Å². The molecule has 0 saturated carbocycles. The lowest BCUT2D eigenvalue weighted by Gasteiger charge is -1.97. The summed E-state index contributed by atoms with van der Waals surface area (Å²) in [6, 6.07) is 2.03. The van der Waals surface area contributed by atoms with Crippen LogP contribution < -0.4 is 4.57 Å². The van der Waals surface area contributed by atoms with Crippen LogP contribution in [0.2, 0.25) is 0 Å². The molecule has 0 bridgehead atoms. The Kier molecular flexibility index (Phi) is 2.58. The topological polar surface area (TPSA) is 20.9 Å². The molecule has 0 aromatic carbocycles. The fraction of sp³-hybridized carbons (Fsp3) is 0.400. The Morgan fingerprint density at radius 1 is 1.42 bits per heavy atom. The first kappa shape index (κ1) is 8.91. The van der Waals surface area contributed by atoms with Crippen LogP contribution in [0.15, 0.2) is 18.5 Å². The molecule has 0 aliphatic heterocycles. The standard InChI is InChI=1S/C10H14NO/c1-8-4-5-11(6-9(8)2)7-10(3)12/h4-6H,7H2,1-3H3/q+1. The van der Waals surface area contributed by atoms with Gasteiger partial charge < -0.3 is 0 Å². The van der Waals surface area contributed by atoms with Crippen molar-refractivity contribution in [3.8, 4) is 0 Å². The maximum Gasteiger partial charge on any atom is 0.206 e. The molecule has 64 valence electrons. The lowest BCUT2D eigenvalue weighted by atomic mass is 10.2. The number of aromatic nitrogens is 1. The molecule has 1 aromatic heterocycles. The number of pyridine rings is 1. The molecule has 0 saturated heterocycles. The van der Waals surface area contributed by atoms with Crippen LogP contribution in [0.4, 0.5) is 0 Å². The van der Waals surface area contributed by atoms with Crippen molar-refractivity contribution in [3.05, 3.63) is 29.6 Å². The highest BCUT2D eigenvalue weighted by molar-refractivity contribution is 5.73. The summed E-state index contributed by atoms with van der Waals surface area (Å²) >= 11 is 0. The lowest BCUT2D eigenvalue weighted by Crippen LogP contribution is -2.36. The second-order valence-electron chi connectivity index (χ2n) is 3.19. The number of hydrogen-bond donors (Lipinski definition) is 0. The predicted octanol–water partition coefficient (Wildman–Crippen LogP) is 1.18. The minimum absolute atomic E-state index is 0.184. The Labute approximate surface area is 72.8 Å². The highest BCUT2D eigenvalue weighted by Crippen LogP contribution is 2.00. The van der Waals surface area contributed by atoms with Gasteiger partial charge in [-0.3, -0.25) is 4.79 Å². The molecule has 0 N–H and O–H groups in total. The van der Waals surface area contributed by atoms with Gasteiger partial charge in [0, 0.05) is 18.6 Å². The van der Waals surface area contributed by atoms with E-state index in [0.717, 1.165) is 0 Å². The van der Waals surface area contributed by atoms with Gasteiger partial charge in [-0.15, -0.1) is 0 Å². The molecule has 1 aromatic rings. The molecule has 0 radical (unpaired) electrons. The Balaban J connectivity index is 2.89. The first-order valence-corrected chi connectivity index (χ1v) is 4.05. The fourth-order valence-corrected chi connectivity index (χ4v) is 1.09. The number of aryl methyl sites for hydroxylation is 2. The highest BCUT2D eigenvalue weighted by Gasteiger charge is 2.04. The second-order valence-corrected chi connectivity index (χ2v) is 3.19. The Morgan fingerprint density at radius 2 is 2.08 bits per heavy atom. The maximum atomic E-state index is 10.8. The van der Waals surface area contributed by atoms with E-state index in [2.05, 4.69) is 6.92 Å². The summed E-state index contributed by atoms with van der Waals surface area (Å²) in [5.74, 6) is 0.184. The highest BCUT2D eigenvalue weighted by atomic mass is 16.1. The monoisotopic (exact) mass is 164 g/mol. The molecule has 0 amide bonds. The molecular formula is C10H14NO+. The number of ketones is 1. The van der Waals surface area contributed by atoms with E-state index in [4.69, 9.17) is 0 Å². The fourth-order valence-electron chi connectivity index (χ4n) is 1.09. The van der Waals surface area contributed by atoms with E-state index >= 15 is 0 Å². The van der Waals surface area contributed by atoms with Crippen molar-refractivity contribution >= 4 is 5.78 Å². The van der Waals surface area contributed by atoms with Gasteiger partial charge in [-0.05, 0) is 19.4 Å². The summed E-state index contributed by atoms with van der Waals surface area (Å²) in [7, 11) is 0. The predicted molar refractivity (Wildman–Crippen MR) is 46.8 cm³/mol. The number of Topliss-reactive ketones (excluding diaryl/α,β-unsaturated/α-hetero) is 1. The number of carbonyl (C=O) groups excluding carboxylic acids is 1. The number of rotatable bonds is 2. The van der Waals surface area contributed by atoms with Crippen molar-refractivity contribution in [2.24, 2.45) is 0 Å². The molecule has 1 heterocycles. The minimum atomic E-state index is 0.184. The quantitative estimate of drug-likeness (QED) is 0.601. The molecule has 0 aliphatic carbocycles. The maximum absolute atomic E-state index is 10.8. The third-order valence-electron chi connectivity index (χ3n) is 1.90. The van der Waals surface area contributed by atoms with Crippen LogP contribution in [0.1, 0.15) is 18.1 Å². The van der Waals surface area contributed by atoms with Gasteiger partial charge in [0.05, 0.1) is 0 Å². The van der Waals surface area contributed by atoms with Gasteiger partial charge in [0.2, 0.25) is 6.54 Å². The largest absolute Gasteiger partial charge is 0.293 e. The Hall–Kier alpha value is -1.18. The first-order chi connectivity index (χ1) is 5.59. The zero-order valence-electron chi connectivity index (χ0n) is 7.79. The van der Waals surface area contributed by atoms with Crippen molar-refractivity contribution in [3.63, 3.8) is 0 Å². The average molecular weight is 164 g/mol. The van der Waals surface area contributed by atoms with Gasteiger partial charge in [0.1, 0.15) is 0 Å². The molecule has 0 atom stereocenters. The Morgan fingerprint density at radius 3 is 2.58 bits per heavy atom. The third kappa shape index (κ3) is 2.16.